The number of halogens is 1. The van der Waals surface area contributed by atoms with Crippen molar-refractivity contribution in [1.82, 2.24) is 9.97 Å². The Morgan fingerprint density at radius 2 is 2.26 bits per heavy atom. The molecule has 3 rings (SSSR count). The molecule has 6 heteroatoms. The lowest BCUT2D eigenvalue weighted by Gasteiger charge is -2.30. The molecule has 0 radical (unpaired) electrons. The number of hydrogen-bond acceptors (Lipinski definition) is 4. The third-order valence-electron chi connectivity index (χ3n) is 3.39. The molecule has 0 aliphatic carbocycles. The highest BCUT2D eigenvalue weighted by molar-refractivity contribution is 6.32. The van der Waals surface area contributed by atoms with Gasteiger partial charge < -0.3 is 15.6 Å². The number of aromatic nitrogens is 2. The minimum Gasteiger partial charge on any atom is -0.398 e. The Hall–Kier alpha value is -2.01. The van der Waals surface area contributed by atoms with E-state index in [1.165, 1.54) is 11.9 Å². The second-order valence-electron chi connectivity index (χ2n) is 4.53. The Morgan fingerprint density at radius 1 is 1.42 bits per heavy atom. The molecule has 0 bridgehead atoms. The highest BCUT2D eigenvalue weighted by Crippen LogP contribution is 2.28. The molecule has 0 atom stereocenters. The van der Waals surface area contributed by atoms with Crippen LogP contribution in [0.15, 0.2) is 29.3 Å². The summed E-state index contributed by atoms with van der Waals surface area (Å²) in [5, 5.41) is 0.125. The van der Waals surface area contributed by atoms with Gasteiger partial charge in [0.25, 0.3) is 5.56 Å². The number of benzene rings is 1. The Labute approximate surface area is 115 Å². The first-order valence-electron chi connectivity index (χ1n) is 6.01. The van der Waals surface area contributed by atoms with Crippen molar-refractivity contribution in [3.63, 3.8) is 0 Å². The van der Waals surface area contributed by atoms with E-state index in [0.29, 0.717) is 12.4 Å². The maximum Gasteiger partial charge on any atom is 0.271 e. The summed E-state index contributed by atoms with van der Waals surface area (Å²) in [5.74, 6) is 0.513. The van der Waals surface area contributed by atoms with E-state index < -0.39 is 0 Å². The van der Waals surface area contributed by atoms with Gasteiger partial charge in [0.05, 0.1) is 6.33 Å². The van der Waals surface area contributed by atoms with Gasteiger partial charge in [0.1, 0.15) is 5.02 Å². The molecule has 1 aliphatic rings. The van der Waals surface area contributed by atoms with E-state index in [-0.39, 0.29) is 10.6 Å². The van der Waals surface area contributed by atoms with Gasteiger partial charge in [-0.2, -0.15) is 0 Å². The zero-order valence-electron chi connectivity index (χ0n) is 10.2. The normalized spacial score (nSPS) is 14.3. The van der Waals surface area contributed by atoms with E-state index in [4.69, 9.17) is 17.3 Å². The second kappa shape index (κ2) is 4.59. The fraction of sp³-hybridized carbons (Fsp3) is 0.231. The molecule has 0 spiro atoms. The van der Waals surface area contributed by atoms with Gasteiger partial charge >= 0.3 is 0 Å². The fourth-order valence-electron chi connectivity index (χ4n) is 2.38. The quantitative estimate of drug-likeness (QED) is 0.775. The highest BCUT2D eigenvalue weighted by atomic mass is 35.5. The van der Waals surface area contributed by atoms with Crippen molar-refractivity contribution >= 4 is 23.1 Å². The molecular weight excluding hydrogens is 264 g/mol. The molecular formula is C13H13ClN4O. The first-order valence-corrected chi connectivity index (χ1v) is 6.39. The van der Waals surface area contributed by atoms with Gasteiger partial charge in [-0.05, 0) is 23.6 Å². The van der Waals surface area contributed by atoms with Crippen LogP contribution in [0.2, 0.25) is 5.02 Å². The van der Waals surface area contributed by atoms with Crippen molar-refractivity contribution < 1.29 is 0 Å². The van der Waals surface area contributed by atoms with Crippen molar-refractivity contribution in [3.05, 3.63) is 51.0 Å². The molecule has 2 aromatic rings. The summed E-state index contributed by atoms with van der Waals surface area (Å²) in [7, 11) is 0. The van der Waals surface area contributed by atoms with Crippen molar-refractivity contribution in [2.24, 2.45) is 0 Å². The third-order valence-corrected chi connectivity index (χ3v) is 3.73. The number of nitrogens with two attached hydrogens (primary N) is 1. The Bertz CT molecular complexity index is 683. The van der Waals surface area contributed by atoms with Gasteiger partial charge in [0, 0.05) is 18.8 Å². The summed E-state index contributed by atoms with van der Waals surface area (Å²) < 4.78 is 0. The zero-order valence-corrected chi connectivity index (χ0v) is 10.9. The maximum atomic E-state index is 11.5. The average molecular weight is 277 g/mol. The van der Waals surface area contributed by atoms with Crippen LogP contribution in [-0.4, -0.2) is 16.5 Å². The molecule has 0 saturated carbocycles. The zero-order chi connectivity index (χ0) is 13.4. The molecule has 3 N–H and O–H groups in total. The average Bonchev–Trinajstić information content (AvgIpc) is 2.42. The van der Waals surface area contributed by atoms with Crippen molar-refractivity contribution in [2.45, 2.75) is 13.0 Å². The molecule has 0 fully saturated rings. The van der Waals surface area contributed by atoms with Crippen LogP contribution in [0.1, 0.15) is 11.1 Å². The molecule has 98 valence electrons. The summed E-state index contributed by atoms with van der Waals surface area (Å²) in [5.41, 5.74) is 8.78. The van der Waals surface area contributed by atoms with E-state index in [1.54, 1.807) is 0 Å². The van der Waals surface area contributed by atoms with Gasteiger partial charge in [-0.25, -0.2) is 4.98 Å². The van der Waals surface area contributed by atoms with Gasteiger partial charge in [-0.3, -0.25) is 4.79 Å². The van der Waals surface area contributed by atoms with Crippen LogP contribution in [0, 0.1) is 0 Å². The molecule has 5 nitrogen and oxygen atoms in total. The molecule has 1 aromatic heterocycles. The van der Waals surface area contributed by atoms with Crippen molar-refractivity contribution in [3.8, 4) is 0 Å². The van der Waals surface area contributed by atoms with E-state index in [2.05, 4.69) is 16.0 Å². The first kappa shape index (κ1) is 12.0. The monoisotopic (exact) mass is 276 g/mol. The van der Waals surface area contributed by atoms with Crippen molar-refractivity contribution in [1.29, 1.82) is 0 Å². The number of rotatable bonds is 1. The van der Waals surface area contributed by atoms with Crippen LogP contribution in [0.5, 0.6) is 0 Å². The SMILES string of the molecule is Nc1cccc2c1CN(c1nc[nH]c(=O)c1Cl)CC2. The summed E-state index contributed by atoms with van der Waals surface area (Å²) in [6, 6.07) is 5.92. The number of hydrogen-bond donors (Lipinski definition) is 2. The summed E-state index contributed by atoms with van der Waals surface area (Å²) in [6.45, 7) is 1.39. The van der Waals surface area contributed by atoms with E-state index in [9.17, 15) is 4.79 Å². The van der Waals surface area contributed by atoms with Crippen LogP contribution in [-0.2, 0) is 13.0 Å². The van der Waals surface area contributed by atoms with Crippen LogP contribution in [0.3, 0.4) is 0 Å². The topological polar surface area (TPSA) is 75.0 Å². The fourth-order valence-corrected chi connectivity index (χ4v) is 2.60. The smallest absolute Gasteiger partial charge is 0.271 e. The number of nitrogens with one attached hydrogen (secondary N) is 1. The van der Waals surface area contributed by atoms with Crippen LogP contribution < -0.4 is 16.2 Å². The molecule has 19 heavy (non-hydrogen) atoms. The summed E-state index contributed by atoms with van der Waals surface area (Å²) >= 11 is 6.01. The van der Waals surface area contributed by atoms with Gasteiger partial charge in [0.15, 0.2) is 5.82 Å². The Morgan fingerprint density at radius 3 is 3.11 bits per heavy atom. The number of aromatic amines is 1. The lowest BCUT2D eigenvalue weighted by Crippen LogP contribution is -2.33. The van der Waals surface area contributed by atoms with Crippen LogP contribution in [0.4, 0.5) is 11.5 Å². The van der Waals surface area contributed by atoms with E-state index >= 15 is 0 Å². The maximum absolute atomic E-state index is 11.5. The van der Waals surface area contributed by atoms with Crippen LogP contribution in [0.25, 0.3) is 0 Å². The Balaban J connectivity index is 2.00. The highest BCUT2D eigenvalue weighted by Gasteiger charge is 2.21. The van der Waals surface area contributed by atoms with E-state index in [1.807, 2.05) is 17.0 Å². The molecule has 0 saturated heterocycles. The van der Waals surface area contributed by atoms with E-state index in [0.717, 1.165) is 24.2 Å². The lowest BCUT2D eigenvalue weighted by atomic mass is 9.98. The van der Waals surface area contributed by atoms with Gasteiger partial charge in [-0.15, -0.1) is 0 Å². The second-order valence-corrected chi connectivity index (χ2v) is 4.90. The molecule has 2 heterocycles. The Kier molecular flexibility index (Phi) is 2.91. The number of H-pyrrole nitrogens is 1. The first-order chi connectivity index (χ1) is 9.16. The largest absolute Gasteiger partial charge is 0.398 e. The van der Waals surface area contributed by atoms with Gasteiger partial charge in [0.2, 0.25) is 0 Å². The van der Waals surface area contributed by atoms with Gasteiger partial charge in [-0.1, -0.05) is 23.7 Å². The lowest BCUT2D eigenvalue weighted by molar-refractivity contribution is 0.720. The number of anilines is 2. The minimum atomic E-state index is -0.321. The third kappa shape index (κ3) is 2.06. The predicted molar refractivity (Wildman–Crippen MR) is 75.5 cm³/mol. The molecule has 1 aliphatic heterocycles. The minimum absolute atomic E-state index is 0.125. The number of nitrogen functional groups attached to an aromatic ring is 1. The predicted octanol–water partition coefficient (Wildman–Crippen LogP) is 1.57. The van der Waals surface area contributed by atoms with Crippen molar-refractivity contribution in [2.75, 3.05) is 17.2 Å². The summed E-state index contributed by atoms with van der Waals surface area (Å²) in [6.07, 6.45) is 2.23. The molecule has 0 amide bonds. The number of nitrogens with zero attached hydrogens (tertiary/aromatic N) is 2. The summed E-state index contributed by atoms with van der Waals surface area (Å²) in [4.78, 5) is 20.1. The standard InChI is InChI=1S/C13H13ClN4O/c14-11-12(16-7-17-13(11)19)18-5-4-8-2-1-3-10(15)9(8)6-18/h1-3,7H,4-6,15H2,(H,16,17,19). The number of fused-ring (bicyclic) bond motifs is 1. The van der Waals surface area contributed by atoms with Crippen LogP contribution >= 0.6 is 11.6 Å². The molecule has 0 unspecified atom stereocenters. The molecule has 1 aromatic carbocycles.